The largest absolute Gasteiger partial charge is 0.495 e. The highest BCUT2D eigenvalue weighted by atomic mass is 32.2. The van der Waals surface area contributed by atoms with Gasteiger partial charge in [-0.05, 0) is 35.2 Å². The van der Waals surface area contributed by atoms with Gasteiger partial charge >= 0.3 is 0 Å². The number of rotatable bonds is 13. The Morgan fingerprint density at radius 1 is 0.896 bits per heavy atom. The van der Waals surface area contributed by atoms with Crippen LogP contribution in [0.3, 0.4) is 0 Å². The van der Waals surface area contributed by atoms with E-state index in [1.54, 1.807) is 32.7 Å². The Morgan fingerprint density at radius 2 is 1.67 bits per heavy atom. The van der Waals surface area contributed by atoms with E-state index in [9.17, 15) is 9.59 Å². The van der Waals surface area contributed by atoms with Gasteiger partial charge in [0.05, 0.1) is 62.4 Å². The smallest absolute Gasteiger partial charge is 0.253 e. The summed E-state index contributed by atoms with van der Waals surface area (Å²) in [6.45, 7) is 0.128. The summed E-state index contributed by atoms with van der Waals surface area (Å²) in [4.78, 5) is 27.8. The number of para-hydroxylation sites is 3. The number of methoxy groups -OCH3 is 3. The van der Waals surface area contributed by atoms with E-state index in [0.29, 0.717) is 40.3 Å². The molecule has 0 bridgehead atoms. The summed E-state index contributed by atoms with van der Waals surface area (Å²) in [7, 11) is 4.76. The lowest BCUT2D eigenvalue weighted by molar-refractivity contribution is -0.130. The van der Waals surface area contributed by atoms with Gasteiger partial charge in [-0.25, -0.2) is 5.01 Å². The lowest BCUT2D eigenvalue weighted by atomic mass is 9.99. The van der Waals surface area contributed by atoms with Crippen molar-refractivity contribution >= 4 is 40.6 Å². The molecule has 1 atom stereocenters. The molecule has 5 aromatic rings. The van der Waals surface area contributed by atoms with E-state index in [0.717, 1.165) is 21.7 Å². The summed E-state index contributed by atoms with van der Waals surface area (Å²) >= 11 is 2.81. The maximum Gasteiger partial charge on any atom is 0.253 e. The summed E-state index contributed by atoms with van der Waals surface area (Å²) < 4.78 is 18.8. The number of hydrogen-bond donors (Lipinski definition) is 1. The molecule has 0 saturated heterocycles. The van der Waals surface area contributed by atoms with Gasteiger partial charge < -0.3 is 19.5 Å². The van der Waals surface area contributed by atoms with E-state index in [4.69, 9.17) is 19.3 Å². The van der Waals surface area contributed by atoms with Crippen LogP contribution in [0, 0.1) is 0 Å². The van der Waals surface area contributed by atoms with Crippen molar-refractivity contribution < 1.29 is 23.8 Å². The van der Waals surface area contributed by atoms with Gasteiger partial charge in [-0.3, -0.25) is 14.2 Å². The van der Waals surface area contributed by atoms with Crippen LogP contribution in [-0.4, -0.2) is 64.4 Å². The molecule has 11 nitrogen and oxygen atoms in total. The van der Waals surface area contributed by atoms with E-state index >= 15 is 0 Å². The summed E-state index contributed by atoms with van der Waals surface area (Å²) in [5, 5.41) is 20.6. The van der Waals surface area contributed by atoms with Gasteiger partial charge in [-0.15, -0.1) is 21.5 Å². The van der Waals surface area contributed by atoms with Crippen LogP contribution in [0.1, 0.15) is 34.3 Å². The van der Waals surface area contributed by atoms with Crippen LogP contribution in [-0.2, 0) is 22.6 Å². The molecule has 0 radical (unpaired) electrons. The molecule has 246 valence electrons. The van der Waals surface area contributed by atoms with E-state index in [2.05, 4.69) is 15.5 Å². The standard InChI is InChI=1S/C35H34N6O5S2/c1-44-28-15-8-7-14-26(28)40-31(21-36-32(42)19-23-11-5-4-6-12-23)37-38-35(40)48-22-33(43)41-27(20-25(39-41)30-17-10-18-47-30)24-13-9-16-29(45-2)34(24)46-3/h4-18,27H,19-22H2,1-3H3,(H,36,42)/t27-/m1/s1. The second-order valence-electron chi connectivity index (χ2n) is 10.7. The summed E-state index contributed by atoms with van der Waals surface area (Å²) in [5.41, 5.74) is 3.22. The van der Waals surface area contributed by atoms with Crippen LogP contribution >= 0.6 is 23.1 Å². The minimum atomic E-state index is -0.400. The third-order valence-corrected chi connectivity index (χ3v) is 9.60. The fourth-order valence-electron chi connectivity index (χ4n) is 5.53. The second-order valence-corrected chi connectivity index (χ2v) is 12.6. The number of ether oxygens (including phenoxy) is 3. The highest BCUT2D eigenvalue weighted by molar-refractivity contribution is 7.99. The highest BCUT2D eigenvalue weighted by Crippen LogP contribution is 2.42. The van der Waals surface area contributed by atoms with Gasteiger partial charge in [0.2, 0.25) is 5.91 Å². The highest BCUT2D eigenvalue weighted by Gasteiger charge is 2.36. The Kier molecular flexibility index (Phi) is 10.4. The van der Waals surface area contributed by atoms with Crippen molar-refractivity contribution in [3.8, 4) is 22.9 Å². The molecular weight excluding hydrogens is 649 g/mol. The lowest BCUT2D eigenvalue weighted by Crippen LogP contribution is -2.29. The minimum absolute atomic E-state index is 0.0254. The van der Waals surface area contributed by atoms with E-state index < -0.39 is 6.04 Å². The fourth-order valence-corrected chi connectivity index (χ4v) is 7.06. The fraction of sp³-hybridized carbons (Fsp3) is 0.229. The molecule has 0 spiro atoms. The topological polar surface area (TPSA) is 120 Å². The third-order valence-electron chi connectivity index (χ3n) is 7.77. The molecule has 3 heterocycles. The lowest BCUT2D eigenvalue weighted by Gasteiger charge is -2.24. The number of carbonyl (C=O) groups excluding carboxylic acids is 2. The van der Waals surface area contributed by atoms with Crippen LogP contribution < -0.4 is 19.5 Å². The molecule has 0 unspecified atom stereocenters. The van der Waals surface area contributed by atoms with Gasteiger partial charge in [-0.2, -0.15) is 5.10 Å². The van der Waals surface area contributed by atoms with Gasteiger partial charge in [-0.1, -0.05) is 72.4 Å². The first-order valence-corrected chi connectivity index (χ1v) is 17.0. The number of nitrogens with one attached hydrogen (secondary N) is 1. The molecule has 48 heavy (non-hydrogen) atoms. The summed E-state index contributed by atoms with van der Waals surface area (Å²) in [5.74, 6) is 1.90. The number of hydrogen-bond acceptors (Lipinski definition) is 10. The summed E-state index contributed by atoms with van der Waals surface area (Å²) in [6, 6.07) is 26.2. The maximum absolute atomic E-state index is 14.0. The molecule has 13 heteroatoms. The average Bonchev–Trinajstić information content (AvgIpc) is 3.90. The van der Waals surface area contributed by atoms with Gasteiger partial charge in [0.1, 0.15) is 5.75 Å². The van der Waals surface area contributed by atoms with Gasteiger partial charge in [0, 0.05) is 12.0 Å². The molecule has 1 aliphatic heterocycles. The first kappa shape index (κ1) is 32.8. The average molecular weight is 683 g/mol. The molecule has 1 N–H and O–H groups in total. The SMILES string of the molecule is COc1ccccc1-n1c(CNC(=O)Cc2ccccc2)nnc1SCC(=O)N1N=C(c2cccs2)C[C@@H]1c1cccc(OC)c1OC. The van der Waals surface area contributed by atoms with Crippen molar-refractivity contribution in [2.24, 2.45) is 5.10 Å². The second kappa shape index (κ2) is 15.2. The Hall–Kier alpha value is -5.14. The number of amides is 2. The van der Waals surface area contributed by atoms with Crippen molar-refractivity contribution in [2.75, 3.05) is 27.1 Å². The van der Waals surface area contributed by atoms with E-state index in [1.165, 1.54) is 16.8 Å². The Balaban J connectivity index is 1.26. The Bertz CT molecular complexity index is 1910. The van der Waals surface area contributed by atoms with Crippen molar-refractivity contribution in [1.29, 1.82) is 0 Å². The Labute approximate surface area is 286 Å². The van der Waals surface area contributed by atoms with E-state index in [1.807, 2.05) is 94.9 Å². The molecule has 2 aromatic heterocycles. The number of aromatic nitrogens is 3. The molecular formula is C35H34N6O5S2. The first-order valence-electron chi connectivity index (χ1n) is 15.2. The first-order chi connectivity index (χ1) is 23.5. The van der Waals surface area contributed by atoms with Crippen molar-refractivity contribution in [1.82, 2.24) is 25.1 Å². The Morgan fingerprint density at radius 3 is 2.42 bits per heavy atom. The molecule has 0 aliphatic carbocycles. The van der Waals surface area contributed by atoms with Crippen molar-refractivity contribution in [2.45, 2.75) is 30.6 Å². The zero-order chi connectivity index (χ0) is 33.5. The molecule has 6 rings (SSSR count). The van der Waals surface area contributed by atoms with Crippen LogP contribution in [0.2, 0.25) is 0 Å². The third kappa shape index (κ3) is 7.06. The quantitative estimate of drug-likeness (QED) is 0.158. The minimum Gasteiger partial charge on any atom is -0.495 e. The number of hydrazone groups is 1. The van der Waals surface area contributed by atoms with Gasteiger partial charge in [0.25, 0.3) is 5.91 Å². The molecule has 1 aliphatic rings. The zero-order valence-electron chi connectivity index (χ0n) is 26.7. The maximum atomic E-state index is 14.0. The van der Waals surface area contributed by atoms with E-state index in [-0.39, 0.29) is 30.5 Å². The van der Waals surface area contributed by atoms with Crippen LogP contribution in [0.4, 0.5) is 0 Å². The predicted molar refractivity (Wildman–Crippen MR) is 185 cm³/mol. The number of benzene rings is 3. The number of thioether (sulfide) groups is 1. The van der Waals surface area contributed by atoms with Crippen molar-refractivity contribution in [3.63, 3.8) is 0 Å². The molecule has 0 saturated carbocycles. The van der Waals surface area contributed by atoms with Crippen LogP contribution in [0.15, 0.2) is 101 Å². The van der Waals surface area contributed by atoms with Crippen LogP contribution in [0.25, 0.3) is 5.69 Å². The van der Waals surface area contributed by atoms with Crippen LogP contribution in [0.5, 0.6) is 17.2 Å². The number of nitrogens with zero attached hydrogens (tertiary/aromatic N) is 5. The number of thiophene rings is 1. The normalized spacial score (nSPS) is 14.0. The molecule has 0 fully saturated rings. The zero-order valence-corrected chi connectivity index (χ0v) is 28.3. The molecule has 3 aromatic carbocycles. The van der Waals surface area contributed by atoms with Gasteiger partial charge in [0.15, 0.2) is 22.5 Å². The summed E-state index contributed by atoms with van der Waals surface area (Å²) in [6.07, 6.45) is 0.757. The number of carbonyl (C=O) groups is 2. The predicted octanol–water partition coefficient (Wildman–Crippen LogP) is 5.68. The molecule has 2 amide bonds. The monoisotopic (exact) mass is 682 g/mol. The van der Waals surface area contributed by atoms with Crippen molar-refractivity contribution in [3.05, 3.63) is 112 Å².